The summed E-state index contributed by atoms with van der Waals surface area (Å²) in [6.07, 6.45) is 4.37. The summed E-state index contributed by atoms with van der Waals surface area (Å²) in [7, 11) is 0. The molecule has 1 aromatic rings. The maximum absolute atomic E-state index is 14.6. The van der Waals surface area contributed by atoms with Gasteiger partial charge in [-0.05, 0) is 58.6 Å². The Labute approximate surface area is 200 Å². The molecule has 3 fully saturated rings. The number of halogens is 2. The fourth-order valence-corrected chi connectivity index (χ4v) is 6.42. The van der Waals surface area contributed by atoms with Crippen LogP contribution in [0.2, 0.25) is 0 Å². The van der Waals surface area contributed by atoms with E-state index in [9.17, 15) is 28.3 Å². The molecule has 0 radical (unpaired) electrons. The van der Waals surface area contributed by atoms with E-state index >= 15 is 0 Å². The Bertz CT molecular complexity index is 1060. The van der Waals surface area contributed by atoms with Gasteiger partial charge in [0.2, 0.25) is 5.91 Å². The molecule has 2 N–H and O–H groups in total. The topological polar surface area (TPSA) is 108 Å². The molecule has 0 bridgehead atoms. The van der Waals surface area contributed by atoms with E-state index in [1.807, 2.05) is 6.92 Å². The van der Waals surface area contributed by atoms with Crippen LogP contribution in [0.25, 0.3) is 0 Å². The van der Waals surface area contributed by atoms with Gasteiger partial charge in [-0.15, -0.1) is 11.8 Å². The molecule has 3 aliphatic rings. The monoisotopic (exact) mass is 495 g/mol. The summed E-state index contributed by atoms with van der Waals surface area (Å²) in [4.78, 5) is 44.6. The van der Waals surface area contributed by atoms with Crippen molar-refractivity contribution in [1.29, 1.82) is 0 Å². The quantitative estimate of drug-likeness (QED) is 0.357. The lowest BCUT2D eigenvalue weighted by Crippen LogP contribution is -2.71. The number of nitrogens with one attached hydrogen (secondary N) is 1. The molecule has 2 heterocycles. The van der Waals surface area contributed by atoms with E-state index in [2.05, 4.69) is 10.5 Å². The second-order valence-electron chi connectivity index (χ2n) is 9.72. The number of carboxylic acid groups (broad SMARTS) is 1. The number of thioether (sulfide) groups is 1. The number of nitrogens with zero attached hydrogens (tertiary/aromatic N) is 2. The average Bonchev–Trinajstić information content (AvgIpc) is 3.02. The minimum atomic E-state index is -1.12. The second-order valence-corrected chi connectivity index (χ2v) is 11.5. The minimum Gasteiger partial charge on any atom is -0.480 e. The number of β-lactam (4-membered cyclic amide) rings is 1. The van der Waals surface area contributed by atoms with Gasteiger partial charge in [-0.3, -0.25) is 9.59 Å². The fraction of sp³-hybridized carbons (Fsp3) is 0.565. The van der Waals surface area contributed by atoms with Crippen molar-refractivity contribution in [3.63, 3.8) is 0 Å². The van der Waals surface area contributed by atoms with Gasteiger partial charge in [0.15, 0.2) is 5.71 Å². The van der Waals surface area contributed by atoms with Gasteiger partial charge in [0, 0.05) is 16.4 Å². The third-order valence-electron chi connectivity index (χ3n) is 6.63. The summed E-state index contributed by atoms with van der Waals surface area (Å²) in [5.41, 5.74) is -1.29. The number of rotatable bonds is 6. The van der Waals surface area contributed by atoms with Crippen LogP contribution in [-0.2, 0) is 19.2 Å². The molecule has 34 heavy (non-hydrogen) atoms. The highest BCUT2D eigenvalue weighted by Crippen LogP contribution is 2.50. The molecule has 0 aromatic heterocycles. The zero-order valence-corrected chi connectivity index (χ0v) is 20.0. The first-order chi connectivity index (χ1) is 15.9. The lowest BCUT2D eigenvalue weighted by Gasteiger charge is -2.43. The van der Waals surface area contributed by atoms with Gasteiger partial charge in [0.25, 0.3) is 5.91 Å². The number of fused-ring (bicyclic) bond motifs is 1. The predicted octanol–water partition coefficient (Wildman–Crippen LogP) is 3.04. The van der Waals surface area contributed by atoms with E-state index in [0.717, 1.165) is 44.2 Å². The molecular weight excluding hydrogens is 468 g/mol. The first kappa shape index (κ1) is 24.4. The van der Waals surface area contributed by atoms with E-state index in [0.29, 0.717) is 6.07 Å². The molecule has 1 aromatic carbocycles. The van der Waals surface area contributed by atoms with Crippen LogP contribution in [0.3, 0.4) is 0 Å². The molecule has 2 amide bonds. The first-order valence-electron chi connectivity index (χ1n) is 11.2. The van der Waals surface area contributed by atoms with Gasteiger partial charge in [-0.2, -0.15) is 0 Å². The zero-order chi connectivity index (χ0) is 24.8. The van der Waals surface area contributed by atoms with Crippen LogP contribution in [-0.4, -0.2) is 61.3 Å². The van der Waals surface area contributed by atoms with Crippen LogP contribution in [0.5, 0.6) is 0 Å². The van der Waals surface area contributed by atoms with Crippen molar-refractivity contribution in [3.8, 4) is 0 Å². The van der Waals surface area contributed by atoms with Crippen LogP contribution in [0.4, 0.5) is 8.78 Å². The van der Waals surface area contributed by atoms with Crippen molar-refractivity contribution >= 4 is 35.3 Å². The van der Waals surface area contributed by atoms with Gasteiger partial charge in [-0.1, -0.05) is 11.6 Å². The largest absolute Gasteiger partial charge is 0.480 e. The van der Waals surface area contributed by atoms with Gasteiger partial charge < -0.3 is 20.2 Å². The molecule has 4 rings (SSSR count). The molecule has 0 spiro atoms. The molecule has 184 valence electrons. The van der Waals surface area contributed by atoms with Crippen molar-refractivity contribution in [2.45, 2.75) is 80.7 Å². The zero-order valence-electron chi connectivity index (χ0n) is 19.1. The smallest absolute Gasteiger partial charge is 0.327 e. The second kappa shape index (κ2) is 8.83. The molecule has 1 saturated carbocycles. The number of aliphatic carboxylic acids is 1. The number of carbonyl (C=O) groups is 3. The third kappa shape index (κ3) is 4.37. The summed E-state index contributed by atoms with van der Waals surface area (Å²) in [5.74, 6) is -4.32. The van der Waals surface area contributed by atoms with Gasteiger partial charge in [0.05, 0.1) is 0 Å². The minimum absolute atomic E-state index is 0.259. The maximum atomic E-state index is 14.6. The molecule has 1 aliphatic carbocycles. The number of amides is 2. The van der Waals surface area contributed by atoms with Crippen molar-refractivity contribution in [3.05, 3.63) is 35.4 Å². The molecule has 0 unspecified atom stereocenters. The van der Waals surface area contributed by atoms with Crippen LogP contribution < -0.4 is 5.32 Å². The lowest BCUT2D eigenvalue weighted by molar-refractivity contribution is -0.160. The van der Waals surface area contributed by atoms with E-state index < -0.39 is 62.9 Å². The Morgan fingerprint density at radius 3 is 2.50 bits per heavy atom. The number of hydrogen-bond acceptors (Lipinski definition) is 6. The molecule has 3 atom stereocenters. The van der Waals surface area contributed by atoms with Crippen LogP contribution >= 0.6 is 11.8 Å². The Balaban J connectivity index is 1.58. The average molecular weight is 496 g/mol. The van der Waals surface area contributed by atoms with Crippen molar-refractivity contribution in [1.82, 2.24) is 10.2 Å². The molecule has 2 aliphatic heterocycles. The number of benzene rings is 1. The van der Waals surface area contributed by atoms with Gasteiger partial charge in [0.1, 0.15) is 34.7 Å². The SMILES string of the molecule is CC1(O/N=C(\C(=O)N[C@@H]2C(=O)N3[C@@H]2SC(C)(C)[C@@H]3C(=O)O)c2ccc(F)cc2F)CCCCC1. The van der Waals surface area contributed by atoms with Crippen molar-refractivity contribution < 1.29 is 33.1 Å². The van der Waals surface area contributed by atoms with Crippen LogP contribution in [0.1, 0.15) is 58.4 Å². The van der Waals surface area contributed by atoms with Gasteiger partial charge in [-0.25, -0.2) is 13.6 Å². The fourth-order valence-electron chi connectivity index (χ4n) is 4.80. The van der Waals surface area contributed by atoms with Crippen molar-refractivity contribution in [2.24, 2.45) is 5.16 Å². The Morgan fingerprint density at radius 1 is 1.21 bits per heavy atom. The Kier molecular flexibility index (Phi) is 6.34. The highest BCUT2D eigenvalue weighted by Gasteiger charge is 2.64. The van der Waals surface area contributed by atoms with E-state index in [4.69, 9.17) is 4.84 Å². The Morgan fingerprint density at radius 2 is 1.88 bits per heavy atom. The summed E-state index contributed by atoms with van der Waals surface area (Å²) in [5, 5.41) is 15.5. The van der Waals surface area contributed by atoms with Gasteiger partial charge >= 0.3 is 5.97 Å². The third-order valence-corrected chi connectivity index (χ3v) is 8.20. The number of hydrogen-bond donors (Lipinski definition) is 2. The number of carbonyl (C=O) groups excluding carboxylic acids is 2. The summed E-state index contributed by atoms with van der Waals surface area (Å²) >= 11 is 1.27. The predicted molar refractivity (Wildman–Crippen MR) is 121 cm³/mol. The number of oxime groups is 1. The summed E-state index contributed by atoms with van der Waals surface area (Å²) < 4.78 is 27.3. The van der Waals surface area contributed by atoms with Crippen LogP contribution in [0, 0.1) is 11.6 Å². The standard InChI is InChI=1S/C23H27F2N3O5S/c1-22(2)17(21(31)32)28-19(30)16(20(28)34-22)26-18(29)15(13-8-7-12(24)11-14(13)25)27-33-23(3)9-5-4-6-10-23/h7-8,11,16-17,20H,4-6,9-10H2,1-3H3,(H,26,29)(H,31,32)/b27-15-/t16-,17+,20-/m1/s1. The molecule has 8 nitrogen and oxygen atoms in total. The van der Waals surface area contributed by atoms with E-state index in [1.165, 1.54) is 16.7 Å². The van der Waals surface area contributed by atoms with Crippen molar-refractivity contribution in [2.75, 3.05) is 0 Å². The summed E-state index contributed by atoms with van der Waals surface area (Å²) in [6, 6.07) is 0.717. The lowest BCUT2D eigenvalue weighted by atomic mass is 9.87. The maximum Gasteiger partial charge on any atom is 0.327 e. The molecule has 11 heteroatoms. The normalized spacial score (nSPS) is 27.6. The highest BCUT2D eigenvalue weighted by atomic mass is 32.2. The highest BCUT2D eigenvalue weighted by molar-refractivity contribution is 8.01. The molecular formula is C23H27F2N3O5S. The number of carboxylic acids is 1. The van der Waals surface area contributed by atoms with E-state index in [1.54, 1.807) is 13.8 Å². The Hall–Kier alpha value is -2.69. The van der Waals surface area contributed by atoms with E-state index in [-0.39, 0.29) is 5.56 Å². The van der Waals surface area contributed by atoms with Crippen LogP contribution in [0.15, 0.2) is 23.4 Å². The first-order valence-corrected chi connectivity index (χ1v) is 12.1. The summed E-state index contributed by atoms with van der Waals surface area (Å²) in [6.45, 7) is 5.31. The molecule has 2 saturated heterocycles.